The van der Waals surface area contributed by atoms with Gasteiger partial charge in [0.2, 0.25) is 0 Å². The van der Waals surface area contributed by atoms with E-state index in [9.17, 15) is 0 Å². The molecule has 0 unspecified atom stereocenters. The lowest BCUT2D eigenvalue weighted by Crippen LogP contribution is -2.27. The third kappa shape index (κ3) is 5.75. The Morgan fingerprint density at radius 2 is 2.08 bits per heavy atom. The van der Waals surface area contributed by atoms with Crippen LogP contribution >= 0.6 is 12.4 Å². The molecule has 76 valence electrons. The molecule has 1 heterocycles. The lowest BCUT2D eigenvalue weighted by molar-refractivity contribution is 0.348. The summed E-state index contributed by atoms with van der Waals surface area (Å²) in [4.78, 5) is 2.73. The second-order valence-electron chi connectivity index (χ2n) is 3.29. The third-order valence-electron chi connectivity index (χ3n) is 2.39. The summed E-state index contributed by atoms with van der Waals surface area (Å²) in [5.74, 6) is 0.861. The van der Waals surface area contributed by atoms with Crippen LogP contribution in [0.25, 0.3) is 10.4 Å². The van der Waals surface area contributed by atoms with Gasteiger partial charge in [0.25, 0.3) is 0 Å². The summed E-state index contributed by atoms with van der Waals surface area (Å²) in [7, 11) is 0. The molecular weight excluding hydrogens is 188 g/mol. The molecule has 0 aromatic rings. The predicted molar refractivity (Wildman–Crippen MR) is 56.1 cm³/mol. The van der Waals surface area contributed by atoms with Gasteiger partial charge >= 0.3 is 0 Å². The Labute approximate surface area is 85.1 Å². The molecule has 1 aliphatic rings. The number of nitrogens with one attached hydrogen (secondary N) is 1. The van der Waals surface area contributed by atoms with Gasteiger partial charge < -0.3 is 5.32 Å². The minimum Gasteiger partial charge on any atom is -0.317 e. The standard InChI is InChI=1S/C8H16N4.ClH/c9-12-11-5-1-2-8-3-6-10-7-4-8;/h8,10H,1-7H2;1H. The molecule has 0 spiro atoms. The van der Waals surface area contributed by atoms with E-state index in [1.807, 2.05) is 0 Å². The fourth-order valence-electron chi connectivity index (χ4n) is 1.67. The number of rotatable bonds is 4. The molecular formula is C8H17ClN4. The summed E-state index contributed by atoms with van der Waals surface area (Å²) in [5.41, 5.74) is 8.05. The fourth-order valence-corrected chi connectivity index (χ4v) is 1.67. The number of hydrogen-bond donors (Lipinski definition) is 1. The predicted octanol–water partition coefficient (Wildman–Crippen LogP) is 2.50. The highest BCUT2D eigenvalue weighted by Gasteiger charge is 2.11. The Balaban J connectivity index is 0.00000144. The average molecular weight is 205 g/mol. The number of azide groups is 1. The fraction of sp³-hybridized carbons (Fsp3) is 1.00. The molecule has 0 radical (unpaired) electrons. The van der Waals surface area contributed by atoms with Crippen LogP contribution in [-0.4, -0.2) is 19.6 Å². The van der Waals surface area contributed by atoms with Crippen molar-refractivity contribution in [3.63, 3.8) is 0 Å². The van der Waals surface area contributed by atoms with Gasteiger partial charge in [0, 0.05) is 11.5 Å². The van der Waals surface area contributed by atoms with Crippen molar-refractivity contribution < 1.29 is 0 Å². The van der Waals surface area contributed by atoms with E-state index in [2.05, 4.69) is 15.3 Å². The zero-order chi connectivity index (χ0) is 8.65. The first-order valence-corrected chi connectivity index (χ1v) is 4.65. The highest BCUT2D eigenvalue weighted by Crippen LogP contribution is 2.17. The monoisotopic (exact) mass is 204 g/mol. The van der Waals surface area contributed by atoms with Gasteiger partial charge in [-0.1, -0.05) is 11.5 Å². The van der Waals surface area contributed by atoms with E-state index in [0.29, 0.717) is 6.54 Å². The van der Waals surface area contributed by atoms with E-state index in [1.165, 1.54) is 19.3 Å². The molecule has 0 amide bonds. The SMILES string of the molecule is Cl.[N-]=[N+]=NCCCC1CCNCC1. The van der Waals surface area contributed by atoms with Gasteiger partial charge in [-0.25, -0.2) is 0 Å². The lowest BCUT2D eigenvalue weighted by Gasteiger charge is -2.21. The van der Waals surface area contributed by atoms with E-state index >= 15 is 0 Å². The first-order chi connectivity index (χ1) is 5.93. The van der Waals surface area contributed by atoms with Crippen molar-refractivity contribution in [1.29, 1.82) is 0 Å². The summed E-state index contributed by atoms with van der Waals surface area (Å²) < 4.78 is 0. The molecule has 1 saturated heterocycles. The number of halogens is 1. The van der Waals surface area contributed by atoms with Crippen LogP contribution in [0.4, 0.5) is 0 Å². The minimum absolute atomic E-state index is 0. The zero-order valence-corrected chi connectivity index (χ0v) is 8.59. The van der Waals surface area contributed by atoms with Crippen molar-refractivity contribution in [3.05, 3.63) is 10.4 Å². The zero-order valence-electron chi connectivity index (χ0n) is 7.78. The largest absolute Gasteiger partial charge is 0.317 e. The Morgan fingerprint density at radius 3 is 2.69 bits per heavy atom. The smallest absolute Gasteiger partial charge is 0.0258 e. The Morgan fingerprint density at radius 1 is 1.38 bits per heavy atom. The van der Waals surface area contributed by atoms with Gasteiger partial charge in [0.05, 0.1) is 0 Å². The first kappa shape index (κ1) is 12.6. The molecule has 0 aromatic heterocycles. The van der Waals surface area contributed by atoms with Crippen LogP contribution in [0.3, 0.4) is 0 Å². The first-order valence-electron chi connectivity index (χ1n) is 4.65. The average Bonchev–Trinajstić information content (AvgIpc) is 2.14. The van der Waals surface area contributed by atoms with E-state index < -0.39 is 0 Å². The molecule has 4 nitrogen and oxygen atoms in total. The van der Waals surface area contributed by atoms with Gasteiger partial charge in [-0.2, -0.15) is 0 Å². The van der Waals surface area contributed by atoms with Gasteiger partial charge in [-0.15, -0.1) is 12.4 Å². The van der Waals surface area contributed by atoms with Crippen LogP contribution < -0.4 is 5.32 Å². The van der Waals surface area contributed by atoms with Crippen LogP contribution in [-0.2, 0) is 0 Å². The van der Waals surface area contributed by atoms with Crippen molar-refractivity contribution in [2.45, 2.75) is 25.7 Å². The summed E-state index contributed by atoms with van der Waals surface area (Å²) in [5, 5.41) is 6.86. The normalized spacial score (nSPS) is 17.2. The molecule has 5 heteroatoms. The van der Waals surface area contributed by atoms with Crippen LogP contribution in [0.15, 0.2) is 5.11 Å². The maximum Gasteiger partial charge on any atom is 0.0258 e. The quantitative estimate of drug-likeness (QED) is 0.325. The minimum atomic E-state index is 0. The molecule has 1 aliphatic heterocycles. The van der Waals surface area contributed by atoms with Crippen molar-refractivity contribution in [3.8, 4) is 0 Å². The Bertz CT molecular complexity index is 162. The summed E-state index contributed by atoms with van der Waals surface area (Å²) in [6, 6.07) is 0. The van der Waals surface area contributed by atoms with Gasteiger partial charge in [0.1, 0.15) is 0 Å². The van der Waals surface area contributed by atoms with E-state index in [1.54, 1.807) is 0 Å². The molecule has 13 heavy (non-hydrogen) atoms. The summed E-state index contributed by atoms with van der Waals surface area (Å²) in [6.45, 7) is 2.98. The molecule has 1 rings (SSSR count). The van der Waals surface area contributed by atoms with Gasteiger partial charge in [-0.3, -0.25) is 0 Å². The Hall–Kier alpha value is -0.440. The molecule has 0 atom stereocenters. The van der Waals surface area contributed by atoms with E-state index in [0.717, 1.165) is 25.4 Å². The summed E-state index contributed by atoms with van der Waals surface area (Å²) >= 11 is 0. The van der Waals surface area contributed by atoms with Crippen molar-refractivity contribution >= 4 is 12.4 Å². The van der Waals surface area contributed by atoms with Gasteiger partial charge in [0.15, 0.2) is 0 Å². The third-order valence-corrected chi connectivity index (χ3v) is 2.39. The van der Waals surface area contributed by atoms with Crippen molar-refractivity contribution in [2.75, 3.05) is 19.6 Å². The maximum absolute atomic E-state index is 8.05. The van der Waals surface area contributed by atoms with Crippen LogP contribution in [0.2, 0.25) is 0 Å². The van der Waals surface area contributed by atoms with Crippen LogP contribution in [0.5, 0.6) is 0 Å². The van der Waals surface area contributed by atoms with Crippen LogP contribution in [0.1, 0.15) is 25.7 Å². The molecule has 0 aromatic carbocycles. The van der Waals surface area contributed by atoms with Crippen molar-refractivity contribution in [1.82, 2.24) is 5.32 Å². The second kappa shape index (κ2) is 8.17. The van der Waals surface area contributed by atoms with E-state index in [4.69, 9.17) is 5.53 Å². The Kier molecular flexibility index (Phi) is 7.90. The lowest BCUT2D eigenvalue weighted by atomic mass is 9.93. The number of nitrogens with zero attached hydrogens (tertiary/aromatic N) is 3. The maximum atomic E-state index is 8.05. The topological polar surface area (TPSA) is 60.8 Å². The van der Waals surface area contributed by atoms with Gasteiger partial charge in [-0.05, 0) is 43.8 Å². The van der Waals surface area contributed by atoms with E-state index in [-0.39, 0.29) is 12.4 Å². The molecule has 1 N–H and O–H groups in total. The molecule has 1 fully saturated rings. The number of piperidine rings is 1. The molecule has 0 saturated carbocycles. The van der Waals surface area contributed by atoms with Crippen LogP contribution in [0, 0.1) is 5.92 Å². The second-order valence-corrected chi connectivity index (χ2v) is 3.29. The highest BCUT2D eigenvalue weighted by atomic mass is 35.5. The molecule has 0 bridgehead atoms. The van der Waals surface area contributed by atoms with Crippen molar-refractivity contribution in [2.24, 2.45) is 11.0 Å². The summed E-state index contributed by atoms with van der Waals surface area (Å²) in [6.07, 6.45) is 4.85. The highest BCUT2D eigenvalue weighted by molar-refractivity contribution is 5.85. The number of hydrogen-bond acceptors (Lipinski definition) is 2. The molecule has 0 aliphatic carbocycles.